The van der Waals surface area contributed by atoms with E-state index in [9.17, 15) is 0 Å². The summed E-state index contributed by atoms with van der Waals surface area (Å²) in [6.45, 7) is 2.06. The summed E-state index contributed by atoms with van der Waals surface area (Å²) in [6, 6.07) is 24.7. The minimum Gasteiger partial charge on any atom is -0.350 e. The number of benzene rings is 2. The molecule has 2 aromatic carbocycles. The number of para-hydroxylation sites is 1. The Morgan fingerprint density at radius 1 is 0.793 bits per heavy atom. The molecule has 0 fully saturated rings. The van der Waals surface area contributed by atoms with Gasteiger partial charge in [-0.2, -0.15) is 0 Å². The van der Waals surface area contributed by atoms with Gasteiger partial charge in [0.1, 0.15) is 11.6 Å². The van der Waals surface area contributed by atoms with Crippen LogP contribution in [0.2, 0.25) is 0 Å². The second-order valence-electron chi connectivity index (χ2n) is 7.00. The summed E-state index contributed by atoms with van der Waals surface area (Å²) < 4.78 is 0. The minimum absolute atomic E-state index is 0.530. The summed E-state index contributed by atoms with van der Waals surface area (Å²) in [5.41, 5.74) is 9.06. The molecule has 0 saturated carbocycles. The van der Waals surface area contributed by atoms with E-state index in [0.29, 0.717) is 19.5 Å². The van der Waals surface area contributed by atoms with Gasteiger partial charge < -0.3 is 10.6 Å². The van der Waals surface area contributed by atoms with Gasteiger partial charge in [0, 0.05) is 24.5 Å². The Morgan fingerprint density at radius 2 is 1.59 bits per heavy atom. The molecule has 29 heavy (non-hydrogen) atoms. The Bertz CT molecular complexity index is 1050. The van der Waals surface area contributed by atoms with Gasteiger partial charge in [0.25, 0.3) is 0 Å². The van der Waals surface area contributed by atoms with E-state index >= 15 is 0 Å². The molecular formula is C24H25N5. The number of nitrogens with two attached hydrogens (primary N) is 1. The molecule has 0 amide bonds. The average molecular weight is 383 g/mol. The van der Waals surface area contributed by atoms with Crippen LogP contribution in [-0.4, -0.2) is 28.0 Å². The third kappa shape index (κ3) is 4.76. The molecule has 4 aromatic rings. The molecule has 2 heterocycles. The maximum atomic E-state index is 5.79. The Kier molecular flexibility index (Phi) is 6.07. The summed E-state index contributed by atoms with van der Waals surface area (Å²) in [5.74, 6) is 1.73. The van der Waals surface area contributed by atoms with Crippen molar-refractivity contribution < 1.29 is 0 Å². The van der Waals surface area contributed by atoms with Crippen molar-refractivity contribution in [3.8, 4) is 0 Å². The molecule has 0 aliphatic rings. The van der Waals surface area contributed by atoms with Crippen molar-refractivity contribution in [2.45, 2.75) is 19.4 Å². The number of hydrogen-bond donors (Lipinski definition) is 1. The van der Waals surface area contributed by atoms with E-state index in [0.717, 1.165) is 41.2 Å². The molecule has 5 nitrogen and oxygen atoms in total. The molecule has 0 saturated heterocycles. The lowest BCUT2D eigenvalue weighted by Gasteiger charge is -2.25. The van der Waals surface area contributed by atoms with E-state index in [1.165, 1.54) is 5.56 Å². The first-order chi connectivity index (χ1) is 14.3. The molecule has 0 atom stereocenters. The molecule has 0 unspecified atom stereocenters. The molecule has 0 aliphatic carbocycles. The highest BCUT2D eigenvalue weighted by Gasteiger charge is 2.16. The van der Waals surface area contributed by atoms with Crippen LogP contribution in [0.15, 0.2) is 79.0 Å². The van der Waals surface area contributed by atoms with E-state index in [-0.39, 0.29) is 0 Å². The molecule has 0 spiro atoms. The van der Waals surface area contributed by atoms with Crippen LogP contribution in [0.25, 0.3) is 10.9 Å². The standard InChI is InChI=1S/C24H25N5/c25-15-13-23-27-22-12-5-4-11-21(22)24(28-23)29(18-20-10-6-7-16-26-20)17-14-19-8-2-1-3-9-19/h1-12,16H,13-15,17-18,25H2. The van der Waals surface area contributed by atoms with Gasteiger partial charge in [0.05, 0.1) is 17.8 Å². The first-order valence-electron chi connectivity index (χ1n) is 9.98. The molecular weight excluding hydrogens is 358 g/mol. The molecule has 0 radical (unpaired) electrons. The monoisotopic (exact) mass is 383 g/mol. The second kappa shape index (κ2) is 9.26. The summed E-state index contributed by atoms with van der Waals surface area (Å²) in [4.78, 5) is 16.4. The predicted molar refractivity (Wildman–Crippen MR) is 118 cm³/mol. The van der Waals surface area contributed by atoms with Gasteiger partial charge in [-0.25, -0.2) is 9.97 Å². The van der Waals surface area contributed by atoms with E-state index in [4.69, 9.17) is 15.7 Å². The van der Waals surface area contributed by atoms with Crippen LogP contribution in [0, 0.1) is 0 Å². The van der Waals surface area contributed by atoms with Crippen molar-refractivity contribution in [3.63, 3.8) is 0 Å². The third-order valence-electron chi connectivity index (χ3n) is 4.89. The summed E-state index contributed by atoms with van der Waals surface area (Å²) >= 11 is 0. The van der Waals surface area contributed by atoms with Crippen molar-refractivity contribution in [3.05, 3.63) is 96.1 Å². The van der Waals surface area contributed by atoms with Crippen LogP contribution in [0.3, 0.4) is 0 Å². The number of pyridine rings is 1. The molecule has 2 aromatic heterocycles. The largest absolute Gasteiger partial charge is 0.350 e. The van der Waals surface area contributed by atoms with Gasteiger partial charge in [-0.05, 0) is 42.8 Å². The lowest BCUT2D eigenvalue weighted by Crippen LogP contribution is -2.27. The highest BCUT2D eigenvalue weighted by atomic mass is 15.2. The maximum absolute atomic E-state index is 5.79. The zero-order valence-corrected chi connectivity index (χ0v) is 16.4. The zero-order valence-electron chi connectivity index (χ0n) is 16.4. The Labute approximate surface area is 171 Å². The SMILES string of the molecule is NCCc1nc(N(CCc2ccccc2)Cc2ccccn2)c2ccccc2n1. The number of anilines is 1. The van der Waals surface area contributed by atoms with Crippen LogP contribution in [0.1, 0.15) is 17.1 Å². The minimum atomic E-state index is 0.530. The molecule has 146 valence electrons. The predicted octanol–water partition coefficient (Wildman–Crippen LogP) is 3.78. The second-order valence-corrected chi connectivity index (χ2v) is 7.00. The highest BCUT2D eigenvalue weighted by Crippen LogP contribution is 2.25. The van der Waals surface area contributed by atoms with Crippen LogP contribution in [0.4, 0.5) is 5.82 Å². The summed E-state index contributed by atoms with van der Waals surface area (Å²) in [5, 5.41) is 1.05. The quantitative estimate of drug-likeness (QED) is 0.502. The molecule has 0 bridgehead atoms. The van der Waals surface area contributed by atoms with Crippen LogP contribution in [-0.2, 0) is 19.4 Å². The van der Waals surface area contributed by atoms with Crippen molar-refractivity contribution >= 4 is 16.7 Å². The van der Waals surface area contributed by atoms with Crippen molar-refractivity contribution in [1.82, 2.24) is 15.0 Å². The van der Waals surface area contributed by atoms with Crippen LogP contribution >= 0.6 is 0 Å². The fourth-order valence-corrected chi connectivity index (χ4v) is 3.44. The van der Waals surface area contributed by atoms with Crippen molar-refractivity contribution in [2.24, 2.45) is 5.73 Å². The lowest BCUT2D eigenvalue weighted by atomic mass is 10.1. The van der Waals surface area contributed by atoms with Gasteiger partial charge in [0.15, 0.2) is 0 Å². The number of fused-ring (bicyclic) bond motifs is 1. The van der Waals surface area contributed by atoms with Gasteiger partial charge in [-0.1, -0.05) is 48.5 Å². The Morgan fingerprint density at radius 3 is 2.38 bits per heavy atom. The summed E-state index contributed by atoms with van der Waals surface area (Å²) in [7, 11) is 0. The highest BCUT2D eigenvalue weighted by molar-refractivity contribution is 5.89. The van der Waals surface area contributed by atoms with E-state index < -0.39 is 0 Å². The zero-order chi connectivity index (χ0) is 19.9. The van der Waals surface area contributed by atoms with E-state index in [1.54, 1.807) is 0 Å². The lowest BCUT2D eigenvalue weighted by molar-refractivity contribution is 0.748. The smallest absolute Gasteiger partial charge is 0.140 e. The normalized spacial score (nSPS) is 10.9. The topological polar surface area (TPSA) is 67.9 Å². The van der Waals surface area contributed by atoms with Crippen LogP contribution < -0.4 is 10.6 Å². The number of aromatic nitrogens is 3. The average Bonchev–Trinajstić information content (AvgIpc) is 2.78. The number of rotatable bonds is 8. The number of hydrogen-bond acceptors (Lipinski definition) is 5. The third-order valence-corrected chi connectivity index (χ3v) is 4.89. The summed E-state index contributed by atoms with van der Waals surface area (Å²) in [6.07, 6.45) is 3.43. The molecule has 2 N–H and O–H groups in total. The van der Waals surface area contributed by atoms with Gasteiger partial charge in [-0.15, -0.1) is 0 Å². The van der Waals surface area contributed by atoms with Gasteiger partial charge in [-0.3, -0.25) is 4.98 Å². The fourth-order valence-electron chi connectivity index (χ4n) is 3.44. The van der Waals surface area contributed by atoms with Crippen LogP contribution in [0.5, 0.6) is 0 Å². The van der Waals surface area contributed by atoms with E-state index in [1.807, 2.05) is 42.6 Å². The Balaban J connectivity index is 1.73. The fraction of sp³-hybridized carbons (Fsp3) is 0.208. The van der Waals surface area contributed by atoms with E-state index in [2.05, 4.69) is 46.3 Å². The molecule has 4 rings (SSSR count). The number of nitrogens with zero attached hydrogens (tertiary/aromatic N) is 4. The first-order valence-corrected chi connectivity index (χ1v) is 9.98. The molecule has 0 aliphatic heterocycles. The van der Waals surface area contributed by atoms with Crippen molar-refractivity contribution in [2.75, 3.05) is 18.0 Å². The van der Waals surface area contributed by atoms with Crippen molar-refractivity contribution in [1.29, 1.82) is 0 Å². The first kappa shape index (κ1) is 19.0. The van der Waals surface area contributed by atoms with Gasteiger partial charge >= 0.3 is 0 Å². The Hall–Kier alpha value is -3.31. The maximum Gasteiger partial charge on any atom is 0.140 e. The molecule has 5 heteroatoms. The van der Waals surface area contributed by atoms with Gasteiger partial charge in [0.2, 0.25) is 0 Å².